The second kappa shape index (κ2) is 4.89. The smallest absolute Gasteiger partial charge is 0.0877 e. The van der Waals surface area contributed by atoms with E-state index in [1.165, 1.54) is 41.4 Å². The highest BCUT2D eigenvalue weighted by molar-refractivity contribution is 6.02. The van der Waals surface area contributed by atoms with Gasteiger partial charge in [-0.2, -0.15) is 0 Å². The molecule has 2 aromatic rings. The highest BCUT2D eigenvalue weighted by atomic mass is 15.3. The van der Waals surface area contributed by atoms with Gasteiger partial charge in [-0.1, -0.05) is 50.1 Å². The van der Waals surface area contributed by atoms with Crippen molar-refractivity contribution in [1.82, 2.24) is 0 Å². The van der Waals surface area contributed by atoms with Gasteiger partial charge in [-0.25, -0.2) is 0 Å². The Bertz CT molecular complexity index is 548. The second-order valence-corrected chi connectivity index (χ2v) is 4.99. The number of nitrogens with one attached hydrogen (secondary N) is 1. The molecule has 0 bridgehead atoms. The van der Waals surface area contributed by atoms with Crippen LogP contribution < -0.4 is 10.2 Å². The lowest BCUT2D eigenvalue weighted by Gasteiger charge is -2.19. The van der Waals surface area contributed by atoms with Gasteiger partial charge in [0.05, 0.1) is 18.0 Å². The summed E-state index contributed by atoms with van der Waals surface area (Å²) in [7, 11) is 0. The molecular formula is C16H20N2. The van der Waals surface area contributed by atoms with Crippen LogP contribution in [0.2, 0.25) is 0 Å². The summed E-state index contributed by atoms with van der Waals surface area (Å²) in [6.07, 6.45) is 3.88. The Labute approximate surface area is 109 Å². The topological polar surface area (TPSA) is 15.3 Å². The maximum atomic E-state index is 3.50. The number of anilines is 2. The van der Waals surface area contributed by atoms with E-state index in [0.29, 0.717) is 0 Å². The molecule has 0 fully saturated rings. The third-order valence-corrected chi connectivity index (χ3v) is 3.71. The van der Waals surface area contributed by atoms with Crippen molar-refractivity contribution in [1.29, 1.82) is 0 Å². The molecule has 0 saturated carbocycles. The van der Waals surface area contributed by atoms with Crippen LogP contribution in [-0.4, -0.2) is 13.2 Å². The molecule has 18 heavy (non-hydrogen) atoms. The van der Waals surface area contributed by atoms with Crippen LogP contribution in [0.4, 0.5) is 11.4 Å². The molecule has 1 aliphatic heterocycles. The normalized spacial score (nSPS) is 13.7. The molecule has 0 aromatic heterocycles. The summed E-state index contributed by atoms with van der Waals surface area (Å²) in [5.74, 6) is 0. The van der Waals surface area contributed by atoms with Crippen molar-refractivity contribution in [3.05, 3.63) is 36.4 Å². The molecule has 2 heteroatoms. The number of hydrogen-bond acceptors (Lipinski definition) is 2. The summed E-state index contributed by atoms with van der Waals surface area (Å²) in [5, 5.41) is 6.20. The molecule has 0 saturated heterocycles. The fourth-order valence-electron chi connectivity index (χ4n) is 2.74. The lowest BCUT2D eigenvalue weighted by atomic mass is 10.1. The zero-order chi connectivity index (χ0) is 12.4. The highest BCUT2D eigenvalue weighted by Gasteiger charge is 2.20. The quantitative estimate of drug-likeness (QED) is 0.805. The van der Waals surface area contributed by atoms with Crippen LogP contribution in [0, 0.1) is 0 Å². The Morgan fingerprint density at radius 3 is 2.89 bits per heavy atom. The number of benzene rings is 2. The van der Waals surface area contributed by atoms with Crippen molar-refractivity contribution in [3.8, 4) is 0 Å². The lowest BCUT2D eigenvalue weighted by Crippen LogP contribution is -2.23. The average Bonchev–Trinajstić information content (AvgIpc) is 2.83. The van der Waals surface area contributed by atoms with Crippen molar-refractivity contribution in [3.63, 3.8) is 0 Å². The number of fused-ring (bicyclic) bond motifs is 3. The summed E-state index contributed by atoms with van der Waals surface area (Å²) < 4.78 is 0. The first-order valence-corrected chi connectivity index (χ1v) is 6.90. The summed E-state index contributed by atoms with van der Waals surface area (Å²) in [6, 6.07) is 13.1. The zero-order valence-corrected chi connectivity index (χ0v) is 10.9. The Morgan fingerprint density at radius 1 is 1.11 bits per heavy atom. The molecule has 1 aliphatic rings. The van der Waals surface area contributed by atoms with Crippen molar-refractivity contribution in [2.24, 2.45) is 0 Å². The minimum absolute atomic E-state index is 0.951. The van der Waals surface area contributed by atoms with Crippen molar-refractivity contribution >= 4 is 22.1 Å². The fraction of sp³-hybridized carbons (Fsp3) is 0.375. The fourth-order valence-corrected chi connectivity index (χ4v) is 2.74. The van der Waals surface area contributed by atoms with E-state index in [4.69, 9.17) is 0 Å². The van der Waals surface area contributed by atoms with Crippen LogP contribution >= 0.6 is 0 Å². The van der Waals surface area contributed by atoms with E-state index in [1.54, 1.807) is 0 Å². The van der Waals surface area contributed by atoms with Gasteiger partial charge in [0.2, 0.25) is 0 Å². The van der Waals surface area contributed by atoms with Gasteiger partial charge in [0.15, 0.2) is 0 Å². The van der Waals surface area contributed by atoms with Crippen LogP contribution in [0.25, 0.3) is 10.8 Å². The van der Waals surface area contributed by atoms with Crippen molar-refractivity contribution < 1.29 is 0 Å². The summed E-state index contributed by atoms with van der Waals surface area (Å²) >= 11 is 0. The van der Waals surface area contributed by atoms with E-state index in [-0.39, 0.29) is 0 Å². The van der Waals surface area contributed by atoms with Gasteiger partial charge in [-0.3, -0.25) is 0 Å². The molecule has 1 N–H and O–H groups in total. The third-order valence-electron chi connectivity index (χ3n) is 3.71. The van der Waals surface area contributed by atoms with E-state index >= 15 is 0 Å². The zero-order valence-electron chi connectivity index (χ0n) is 10.9. The summed E-state index contributed by atoms with van der Waals surface area (Å²) in [4.78, 5) is 2.48. The molecule has 2 aromatic carbocycles. The standard InChI is InChI=1S/C16H20N2/c1-2-3-6-11-18-12-17-15-10-9-13-7-4-5-8-14(13)16(15)18/h4-5,7-10,17H,2-3,6,11-12H2,1H3. The number of rotatable bonds is 4. The summed E-state index contributed by atoms with van der Waals surface area (Å²) in [6.45, 7) is 4.36. The predicted molar refractivity (Wildman–Crippen MR) is 79.3 cm³/mol. The van der Waals surface area contributed by atoms with Gasteiger partial charge in [0.25, 0.3) is 0 Å². The van der Waals surface area contributed by atoms with Gasteiger partial charge in [-0.15, -0.1) is 0 Å². The molecule has 0 spiro atoms. The molecule has 0 atom stereocenters. The lowest BCUT2D eigenvalue weighted by molar-refractivity contribution is 0.696. The van der Waals surface area contributed by atoms with Gasteiger partial charge < -0.3 is 10.2 Å². The van der Waals surface area contributed by atoms with Crippen LogP contribution in [0.5, 0.6) is 0 Å². The molecule has 0 radical (unpaired) electrons. The van der Waals surface area contributed by atoms with E-state index in [2.05, 4.69) is 53.5 Å². The molecule has 0 amide bonds. The van der Waals surface area contributed by atoms with Crippen LogP contribution in [0.1, 0.15) is 26.2 Å². The molecular weight excluding hydrogens is 220 g/mol. The van der Waals surface area contributed by atoms with Crippen LogP contribution in [0.3, 0.4) is 0 Å². The number of unbranched alkanes of at least 4 members (excludes halogenated alkanes) is 2. The van der Waals surface area contributed by atoms with Crippen molar-refractivity contribution in [2.75, 3.05) is 23.4 Å². The minimum Gasteiger partial charge on any atom is -0.366 e. The molecule has 0 aliphatic carbocycles. The second-order valence-electron chi connectivity index (χ2n) is 4.99. The van der Waals surface area contributed by atoms with E-state index in [9.17, 15) is 0 Å². The van der Waals surface area contributed by atoms with Gasteiger partial charge in [-0.05, 0) is 17.9 Å². The monoisotopic (exact) mass is 240 g/mol. The van der Waals surface area contributed by atoms with E-state index < -0.39 is 0 Å². The Kier molecular flexibility index (Phi) is 3.09. The van der Waals surface area contributed by atoms with Gasteiger partial charge >= 0.3 is 0 Å². The maximum absolute atomic E-state index is 3.50. The SMILES string of the molecule is CCCCCN1CNc2ccc3ccccc3c21. The third kappa shape index (κ3) is 1.92. The van der Waals surface area contributed by atoms with E-state index in [1.807, 2.05) is 0 Å². The largest absolute Gasteiger partial charge is 0.366 e. The molecule has 1 heterocycles. The maximum Gasteiger partial charge on any atom is 0.0877 e. The van der Waals surface area contributed by atoms with Crippen LogP contribution in [0.15, 0.2) is 36.4 Å². The highest BCUT2D eigenvalue weighted by Crippen LogP contribution is 2.38. The first-order valence-electron chi connectivity index (χ1n) is 6.90. The number of hydrogen-bond donors (Lipinski definition) is 1. The minimum atomic E-state index is 0.951. The van der Waals surface area contributed by atoms with Gasteiger partial charge in [0, 0.05) is 11.9 Å². The number of nitrogens with zero attached hydrogens (tertiary/aromatic N) is 1. The summed E-state index contributed by atoms with van der Waals surface area (Å²) in [5.41, 5.74) is 2.68. The van der Waals surface area contributed by atoms with Gasteiger partial charge in [0.1, 0.15) is 0 Å². The Hall–Kier alpha value is -1.70. The Balaban J connectivity index is 1.95. The molecule has 0 unspecified atom stereocenters. The molecule has 94 valence electrons. The molecule has 2 nitrogen and oxygen atoms in total. The Morgan fingerprint density at radius 2 is 2.00 bits per heavy atom. The predicted octanol–water partition coefficient (Wildman–Crippen LogP) is 4.22. The first kappa shape index (κ1) is 11.4. The van der Waals surface area contributed by atoms with Crippen molar-refractivity contribution in [2.45, 2.75) is 26.2 Å². The average molecular weight is 240 g/mol. The first-order chi connectivity index (χ1) is 8.90. The molecule has 3 rings (SSSR count). The van der Waals surface area contributed by atoms with Crippen LogP contribution in [-0.2, 0) is 0 Å². The van der Waals surface area contributed by atoms with E-state index in [0.717, 1.165) is 13.2 Å².